The normalized spacial score (nSPS) is 25.7. The summed E-state index contributed by atoms with van der Waals surface area (Å²) in [6.07, 6.45) is 7.02. The molecule has 1 saturated heterocycles. The monoisotopic (exact) mass is 477 g/mol. The second-order valence-electron chi connectivity index (χ2n) is 9.70. The van der Waals surface area contributed by atoms with Gasteiger partial charge in [-0.15, -0.1) is 5.10 Å². The summed E-state index contributed by atoms with van der Waals surface area (Å²) in [5.41, 5.74) is 7.93. The Morgan fingerprint density at radius 2 is 1.94 bits per heavy atom. The summed E-state index contributed by atoms with van der Waals surface area (Å²) in [5.74, 6) is -0.460. The number of nitrogens with one attached hydrogen (secondary N) is 1. The van der Waals surface area contributed by atoms with Crippen LogP contribution in [0.15, 0.2) is 36.7 Å². The van der Waals surface area contributed by atoms with Gasteiger partial charge in [-0.1, -0.05) is 5.21 Å². The molecule has 3 fully saturated rings. The van der Waals surface area contributed by atoms with Crippen LogP contribution in [-0.2, 0) is 4.74 Å². The van der Waals surface area contributed by atoms with E-state index < -0.39 is 5.91 Å². The zero-order valence-corrected chi connectivity index (χ0v) is 19.2. The van der Waals surface area contributed by atoms with Crippen LogP contribution in [-0.4, -0.2) is 70.1 Å². The predicted octanol–water partition coefficient (Wildman–Crippen LogP) is 1.18. The number of carbonyl (C=O) groups excluding carboxylic acids is 2. The Balaban J connectivity index is 1.03. The number of fused-ring (bicyclic) bond motifs is 1. The summed E-state index contributed by atoms with van der Waals surface area (Å²) in [4.78, 5) is 30.8. The third kappa shape index (κ3) is 4.05. The fourth-order valence-electron chi connectivity index (χ4n) is 5.55. The van der Waals surface area contributed by atoms with Crippen molar-refractivity contribution in [1.29, 1.82) is 0 Å². The molecule has 0 aromatic carbocycles. The SMILES string of the molecule is NC(=O)c1cccnc1O[C@H]1CC2(C[C@H](NC(=O)c3nnn4cc(N5CCOCC5)ccc34)C2)C1. The third-order valence-corrected chi connectivity index (χ3v) is 7.32. The van der Waals surface area contributed by atoms with Crippen LogP contribution in [0, 0.1) is 5.41 Å². The number of hydrogen-bond donors (Lipinski definition) is 2. The molecular formula is C24H27N7O4. The summed E-state index contributed by atoms with van der Waals surface area (Å²) in [6.45, 7) is 3.07. The van der Waals surface area contributed by atoms with Crippen LogP contribution in [0.25, 0.3) is 5.52 Å². The second-order valence-corrected chi connectivity index (χ2v) is 9.70. The topological polar surface area (TPSA) is 137 Å². The average Bonchev–Trinajstić information content (AvgIpc) is 3.25. The molecule has 2 aliphatic carbocycles. The smallest absolute Gasteiger partial charge is 0.274 e. The van der Waals surface area contributed by atoms with E-state index in [-0.39, 0.29) is 23.5 Å². The lowest BCUT2D eigenvalue weighted by molar-refractivity contribution is -0.0848. The minimum Gasteiger partial charge on any atom is -0.474 e. The van der Waals surface area contributed by atoms with Crippen molar-refractivity contribution in [2.24, 2.45) is 11.1 Å². The van der Waals surface area contributed by atoms with Gasteiger partial charge in [-0.05, 0) is 55.4 Å². The Bertz CT molecular complexity index is 1270. The maximum atomic E-state index is 12.9. The summed E-state index contributed by atoms with van der Waals surface area (Å²) >= 11 is 0. The number of nitrogens with two attached hydrogens (primary N) is 1. The Labute approximate surface area is 201 Å². The van der Waals surface area contributed by atoms with Crippen molar-refractivity contribution in [2.75, 3.05) is 31.2 Å². The minimum atomic E-state index is -0.549. The molecule has 3 aromatic rings. The van der Waals surface area contributed by atoms with Crippen LogP contribution in [0.2, 0.25) is 0 Å². The lowest BCUT2D eigenvalue weighted by Crippen LogP contribution is -2.58. The van der Waals surface area contributed by atoms with E-state index in [0.29, 0.717) is 35.9 Å². The molecule has 0 atom stereocenters. The first kappa shape index (κ1) is 21.8. The van der Waals surface area contributed by atoms with Gasteiger partial charge in [0.15, 0.2) is 5.69 Å². The highest BCUT2D eigenvalue weighted by Gasteiger charge is 2.54. The first-order valence-electron chi connectivity index (χ1n) is 11.9. The zero-order chi connectivity index (χ0) is 24.0. The Kier molecular flexibility index (Phi) is 5.28. The molecule has 4 heterocycles. The van der Waals surface area contributed by atoms with E-state index in [4.69, 9.17) is 15.2 Å². The molecule has 6 rings (SSSR count). The van der Waals surface area contributed by atoms with E-state index >= 15 is 0 Å². The van der Waals surface area contributed by atoms with Gasteiger partial charge in [-0.2, -0.15) is 0 Å². The number of pyridine rings is 2. The fourth-order valence-corrected chi connectivity index (χ4v) is 5.55. The van der Waals surface area contributed by atoms with Crippen LogP contribution in [0.3, 0.4) is 0 Å². The van der Waals surface area contributed by atoms with Gasteiger partial charge in [0.2, 0.25) is 5.88 Å². The molecule has 2 amide bonds. The lowest BCUT2D eigenvalue weighted by atomic mass is 9.53. The van der Waals surface area contributed by atoms with Crippen LogP contribution in [0.5, 0.6) is 5.88 Å². The first-order chi connectivity index (χ1) is 17.0. The molecule has 3 aliphatic rings. The highest BCUT2D eigenvalue weighted by atomic mass is 16.5. The van der Waals surface area contributed by atoms with Crippen molar-refractivity contribution < 1.29 is 19.1 Å². The largest absolute Gasteiger partial charge is 0.474 e. The van der Waals surface area contributed by atoms with Gasteiger partial charge in [-0.3, -0.25) is 9.59 Å². The van der Waals surface area contributed by atoms with Gasteiger partial charge in [0.1, 0.15) is 11.7 Å². The lowest BCUT2D eigenvalue weighted by Gasteiger charge is -2.57. The summed E-state index contributed by atoms with van der Waals surface area (Å²) in [6, 6.07) is 7.28. The van der Waals surface area contributed by atoms with Crippen molar-refractivity contribution in [1.82, 2.24) is 25.1 Å². The average molecular weight is 478 g/mol. The molecule has 1 spiro atoms. The fraction of sp³-hybridized carbons (Fsp3) is 0.458. The number of nitrogens with zero attached hydrogens (tertiary/aromatic N) is 5. The maximum absolute atomic E-state index is 12.9. The second kappa shape index (κ2) is 8.49. The summed E-state index contributed by atoms with van der Waals surface area (Å²) < 4.78 is 13.0. The van der Waals surface area contributed by atoms with Crippen molar-refractivity contribution in [3.8, 4) is 5.88 Å². The number of primary amides is 1. The number of anilines is 1. The van der Waals surface area contributed by atoms with Crippen molar-refractivity contribution >= 4 is 23.0 Å². The number of ether oxygens (including phenoxy) is 2. The predicted molar refractivity (Wildman–Crippen MR) is 125 cm³/mol. The molecule has 2 saturated carbocycles. The van der Waals surface area contributed by atoms with Crippen LogP contribution in [0.4, 0.5) is 5.69 Å². The van der Waals surface area contributed by atoms with E-state index in [1.807, 2.05) is 18.3 Å². The number of morpholine rings is 1. The van der Waals surface area contributed by atoms with Gasteiger partial charge >= 0.3 is 0 Å². The van der Waals surface area contributed by atoms with Gasteiger partial charge < -0.3 is 25.4 Å². The quantitative estimate of drug-likeness (QED) is 0.540. The van der Waals surface area contributed by atoms with Gasteiger partial charge in [0, 0.05) is 25.3 Å². The van der Waals surface area contributed by atoms with E-state index in [2.05, 4.69) is 25.5 Å². The highest BCUT2D eigenvalue weighted by molar-refractivity contribution is 5.99. The first-order valence-corrected chi connectivity index (χ1v) is 11.9. The number of carbonyl (C=O) groups is 2. The molecule has 3 N–H and O–H groups in total. The zero-order valence-electron chi connectivity index (χ0n) is 19.2. The molecule has 3 aromatic heterocycles. The highest BCUT2D eigenvalue weighted by Crippen LogP contribution is 2.56. The number of hydrogen-bond acceptors (Lipinski definition) is 8. The summed E-state index contributed by atoms with van der Waals surface area (Å²) in [7, 11) is 0. The molecule has 0 radical (unpaired) electrons. The van der Waals surface area contributed by atoms with Crippen molar-refractivity contribution in [3.05, 3.63) is 47.9 Å². The van der Waals surface area contributed by atoms with Crippen LogP contribution < -0.4 is 20.7 Å². The van der Waals surface area contributed by atoms with Crippen LogP contribution >= 0.6 is 0 Å². The van der Waals surface area contributed by atoms with Crippen molar-refractivity contribution in [2.45, 2.75) is 37.8 Å². The van der Waals surface area contributed by atoms with Gasteiger partial charge in [0.05, 0.1) is 30.6 Å². The van der Waals surface area contributed by atoms with E-state index in [1.165, 1.54) is 0 Å². The number of amides is 2. The van der Waals surface area contributed by atoms with E-state index in [9.17, 15) is 9.59 Å². The third-order valence-electron chi connectivity index (χ3n) is 7.32. The molecule has 182 valence electrons. The minimum absolute atomic E-state index is 0.00148. The molecule has 11 heteroatoms. The molecule has 35 heavy (non-hydrogen) atoms. The number of aromatic nitrogens is 4. The standard InChI is InChI=1S/C24H27N7O4/c25-21(32)18-2-1-5-26-23(18)35-17-12-24(13-17)10-15(11-24)27-22(33)20-19-4-3-16(14-31(19)29-28-20)30-6-8-34-9-7-30/h1-5,14-15,17H,6-13H2,(H2,25,32)(H,27,33)/t15-,17-,24?. The Morgan fingerprint density at radius 3 is 2.71 bits per heavy atom. The number of rotatable bonds is 6. The Morgan fingerprint density at radius 1 is 1.14 bits per heavy atom. The van der Waals surface area contributed by atoms with Crippen LogP contribution in [0.1, 0.15) is 46.5 Å². The molecule has 1 aliphatic heterocycles. The van der Waals surface area contributed by atoms with Gasteiger partial charge in [0.25, 0.3) is 11.8 Å². The molecule has 11 nitrogen and oxygen atoms in total. The maximum Gasteiger partial charge on any atom is 0.274 e. The Hall–Kier alpha value is -3.73. The molecule has 0 unspecified atom stereocenters. The molecular weight excluding hydrogens is 450 g/mol. The van der Waals surface area contributed by atoms with E-state index in [0.717, 1.165) is 44.5 Å². The van der Waals surface area contributed by atoms with E-state index in [1.54, 1.807) is 22.8 Å². The molecule has 0 bridgehead atoms. The van der Waals surface area contributed by atoms with Crippen molar-refractivity contribution in [3.63, 3.8) is 0 Å². The summed E-state index contributed by atoms with van der Waals surface area (Å²) in [5, 5.41) is 11.4. The van der Waals surface area contributed by atoms with Gasteiger partial charge in [-0.25, -0.2) is 9.50 Å².